The molecule has 180 valence electrons. The van der Waals surface area contributed by atoms with Gasteiger partial charge >= 0.3 is 0 Å². The first kappa shape index (κ1) is 21.3. The zero-order valence-electron chi connectivity index (χ0n) is 19.1. The van der Waals surface area contributed by atoms with Gasteiger partial charge in [0, 0.05) is 37.6 Å². The Kier molecular flexibility index (Phi) is 5.18. The molecule has 1 saturated heterocycles. The molecule has 3 N–H and O–H groups in total. The van der Waals surface area contributed by atoms with E-state index in [0.717, 1.165) is 43.0 Å². The van der Waals surface area contributed by atoms with E-state index in [4.69, 9.17) is 14.2 Å². The Labute approximate surface area is 199 Å². The molecule has 0 bridgehead atoms. The number of piperazine rings is 1. The van der Waals surface area contributed by atoms with E-state index < -0.39 is 0 Å². The maximum absolute atomic E-state index is 12.9. The van der Waals surface area contributed by atoms with Crippen molar-refractivity contribution in [3.8, 4) is 17.2 Å². The van der Waals surface area contributed by atoms with Crippen LogP contribution in [0.3, 0.4) is 0 Å². The molecule has 1 fully saturated rings. The Balaban J connectivity index is 1.18. The molecular formula is C24H24N6O5. The van der Waals surface area contributed by atoms with E-state index in [1.807, 2.05) is 24.3 Å². The van der Waals surface area contributed by atoms with Crippen LogP contribution in [0.15, 0.2) is 41.2 Å². The van der Waals surface area contributed by atoms with Crippen LogP contribution >= 0.6 is 0 Å². The number of H-pyrrole nitrogens is 2. The number of fused-ring (bicyclic) bond motifs is 4. The molecule has 0 aliphatic carbocycles. The van der Waals surface area contributed by atoms with Gasteiger partial charge in [-0.05, 0) is 18.2 Å². The smallest absolute Gasteiger partial charge is 0.288 e. The molecule has 35 heavy (non-hydrogen) atoms. The number of para-hydroxylation sites is 2. The number of anilines is 2. The molecule has 6 rings (SSSR count). The lowest BCUT2D eigenvalue weighted by Gasteiger charge is -2.36. The van der Waals surface area contributed by atoms with Crippen molar-refractivity contribution in [3.05, 3.63) is 46.8 Å². The normalized spacial score (nSPS) is 15.6. The SMILES string of the molecule is COc1ccccc1N1CCN(CC(=O)Nc2n[nH]c(=O)c3[nH]c4cc5c(cc4c23)OCO5)CC1. The van der Waals surface area contributed by atoms with Crippen LogP contribution in [0.1, 0.15) is 0 Å². The summed E-state index contributed by atoms with van der Waals surface area (Å²) in [5.41, 5.74) is 1.72. The zero-order valence-corrected chi connectivity index (χ0v) is 19.1. The molecule has 11 heteroatoms. The molecule has 4 heterocycles. The third kappa shape index (κ3) is 3.79. The Hall–Kier alpha value is -4.25. The van der Waals surface area contributed by atoms with E-state index in [1.54, 1.807) is 19.2 Å². The van der Waals surface area contributed by atoms with E-state index >= 15 is 0 Å². The summed E-state index contributed by atoms with van der Waals surface area (Å²) in [4.78, 5) is 32.8. The zero-order chi connectivity index (χ0) is 23.9. The van der Waals surface area contributed by atoms with E-state index in [-0.39, 0.29) is 24.8 Å². The number of aromatic amines is 2. The number of nitrogens with zero attached hydrogens (tertiary/aromatic N) is 3. The first-order valence-electron chi connectivity index (χ1n) is 11.3. The number of hydrogen-bond donors (Lipinski definition) is 3. The number of hydrogen-bond acceptors (Lipinski definition) is 8. The summed E-state index contributed by atoms with van der Waals surface area (Å²) < 4.78 is 16.4. The van der Waals surface area contributed by atoms with Crippen LogP contribution in [0.25, 0.3) is 21.8 Å². The molecule has 2 aromatic carbocycles. The minimum atomic E-state index is -0.372. The third-order valence-electron chi connectivity index (χ3n) is 6.45. The number of ether oxygens (including phenoxy) is 3. The minimum absolute atomic E-state index is 0.145. The average Bonchev–Trinajstić information content (AvgIpc) is 3.49. The maximum Gasteiger partial charge on any atom is 0.288 e. The molecular weight excluding hydrogens is 452 g/mol. The molecule has 2 aliphatic heterocycles. The number of aromatic nitrogens is 3. The molecule has 1 amide bonds. The van der Waals surface area contributed by atoms with Gasteiger partial charge in [0.05, 0.1) is 30.2 Å². The number of methoxy groups -OCH3 is 1. The fraction of sp³-hybridized carbons (Fsp3) is 0.292. The predicted octanol–water partition coefficient (Wildman–Crippen LogP) is 1.90. The first-order valence-corrected chi connectivity index (χ1v) is 11.3. The molecule has 2 aliphatic rings. The largest absolute Gasteiger partial charge is 0.495 e. The number of carbonyl (C=O) groups is 1. The van der Waals surface area contributed by atoms with Gasteiger partial charge in [-0.3, -0.25) is 14.5 Å². The van der Waals surface area contributed by atoms with Crippen LogP contribution in [-0.2, 0) is 4.79 Å². The highest BCUT2D eigenvalue weighted by molar-refractivity contribution is 6.15. The summed E-state index contributed by atoms with van der Waals surface area (Å²) in [7, 11) is 1.67. The van der Waals surface area contributed by atoms with Gasteiger partial charge in [0.25, 0.3) is 5.56 Å². The summed E-state index contributed by atoms with van der Waals surface area (Å²) >= 11 is 0. The number of rotatable bonds is 5. The fourth-order valence-corrected chi connectivity index (χ4v) is 4.72. The van der Waals surface area contributed by atoms with Crippen molar-refractivity contribution < 1.29 is 19.0 Å². The van der Waals surface area contributed by atoms with Gasteiger partial charge < -0.3 is 29.4 Å². The predicted molar refractivity (Wildman–Crippen MR) is 131 cm³/mol. The molecule has 0 saturated carbocycles. The molecule has 11 nitrogen and oxygen atoms in total. The van der Waals surface area contributed by atoms with Crippen molar-refractivity contribution in [1.82, 2.24) is 20.1 Å². The Morgan fingerprint density at radius 3 is 2.71 bits per heavy atom. The van der Waals surface area contributed by atoms with Crippen molar-refractivity contribution in [1.29, 1.82) is 0 Å². The summed E-state index contributed by atoms with van der Waals surface area (Å²) in [6, 6.07) is 11.5. The average molecular weight is 476 g/mol. The van der Waals surface area contributed by atoms with Crippen molar-refractivity contribution in [3.63, 3.8) is 0 Å². The van der Waals surface area contributed by atoms with Crippen molar-refractivity contribution in [2.24, 2.45) is 0 Å². The van der Waals surface area contributed by atoms with E-state index in [9.17, 15) is 9.59 Å². The number of benzene rings is 2. The van der Waals surface area contributed by atoms with Crippen molar-refractivity contribution in [2.75, 3.05) is 56.8 Å². The van der Waals surface area contributed by atoms with Gasteiger partial charge in [-0.15, -0.1) is 0 Å². The van der Waals surface area contributed by atoms with Crippen LogP contribution in [-0.4, -0.2) is 72.6 Å². The highest BCUT2D eigenvalue weighted by Crippen LogP contribution is 2.39. The minimum Gasteiger partial charge on any atom is -0.495 e. The van der Waals surface area contributed by atoms with Gasteiger partial charge in [0.1, 0.15) is 11.3 Å². The fourth-order valence-electron chi connectivity index (χ4n) is 4.72. The van der Waals surface area contributed by atoms with Crippen molar-refractivity contribution in [2.45, 2.75) is 0 Å². The molecule has 4 aromatic rings. The third-order valence-corrected chi connectivity index (χ3v) is 6.45. The lowest BCUT2D eigenvalue weighted by atomic mass is 10.1. The van der Waals surface area contributed by atoms with Crippen LogP contribution in [0.2, 0.25) is 0 Å². The lowest BCUT2D eigenvalue weighted by molar-refractivity contribution is -0.117. The summed E-state index contributed by atoms with van der Waals surface area (Å²) in [5, 5.41) is 10.7. The van der Waals surface area contributed by atoms with Gasteiger partial charge in [0.2, 0.25) is 12.7 Å². The first-order chi connectivity index (χ1) is 17.1. The summed E-state index contributed by atoms with van der Waals surface area (Å²) in [6.45, 7) is 3.39. The second kappa shape index (κ2) is 8.51. The summed E-state index contributed by atoms with van der Waals surface area (Å²) in [5.74, 6) is 2.12. The van der Waals surface area contributed by atoms with E-state index in [0.29, 0.717) is 33.7 Å². The quantitative estimate of drug-likeness (QED) is 0.399. The Morgan fingerprint density at radius 1 is 1.14 bits per heavy atom. The molecule has 2 aromatic heterocycles. The van der Waals surface area contributed by atoms with Crippen LogP contribution in [0.4, 0.5) is 11.5 Å². The van der Waals surface area contributed by atoms with Crippen LogP contribution in [0, 0.1) is 0 Å². The van der Waals surface area contributed by atoms with E-state index in [1.165, 1.54) is 0 Å². The van der Waals surface area contributed by atoms with Crippen molar-refractivity contribution >= 4 is 39.2 Å². The molecule has 0 atom stereocenters. The van der Waals surface area contributed by atoms with Gasteiger partial charge in [-0.1, -0.05) is 12.1 Å². The van der Waals surface area contributed by atoms with Gasteiger partial charge in [0.15, 0.2) is 17.3 Å². The second-order valence-corrected chi connectivity index (χ2v) is 8.51. The Bertz CT molecular complexity index is 1490. The topological polar surface area (TPSA) is 125 Å². The number of nitrogens with one attached hydrogen (secondary N) is 3. The monoisotopic (exact) mass is 476 g/mol. The standard InChI is InChI=1S/C24H24N6O5/c1-33-17-5-3-2-4-16(17)30-8-6-29(7-9-30)12-20(31)26-23-21-14-10-18-19(35-13-34-18)11-15(14)25-22(21)24(32)28-27-23/h2-5,10-11,25H,6-9,12-13H2,1H3,(H,28,32)(H,26,27,31). The van der Waals surface area contributed by atoms with Crippen LogP contribution in [0.5, 0.6) is 17.2 Å². The van der Waals surface area contributed by atoms with Crippen LogP contribution < -0.4 is 30.0 Å². The summed E-state index contributed by atoms with van der Waals surface area (Å²) in [6.07, 6.45) is 0. The lowest BCUT2D eigenvalue weighted by Crippen LogP contribution is -2.48. The number of carbonyl (C=O) groups excluding carboxylic acids is 1. The maximum atomic E-state index is 12.9. The van der Waals surface area contributed by atoms with Gasteiger partial charge in [-0.25, -0.2) is 5.10 Å². The highest BCUT2D eigenvalue weighted by atomic mass is 16.7. The molecule has 0 radical (unpaired) electrons. The number of amides is 1. The molecule has 0 unspecified atom stereocenters. The molecule has 0 spiro atoms. The van der Waals surface area contributed by atoms with E-state index in [2.05, 4.69) is 30.3 Å². The Morgan fingerprint density at radius 2 is 1.91 bits per heavy atom. The second-order valence-electron chi connectivity index (χ2n) is 8.51. The van der Waals surface area contributed by atoms with Gasteiger partial charge in [-0.2, -0.15) is 5.10 Å². The highest BCUT2D eigenvalue weighted by Gasteiger charge is 2.23.